The van der Waals surface area contributed by atoms with Gasteiger partial charge in [-0.25, -0.2) is 18.1 Å². The molecule has 0 saturated carbocycles. The predicted octanol–water partition coefficient (Wildman–Crippen LogP) is 4.90. The summed E-state index contributed by atoms with van der Waals surface area (Å²) in [4.78, 5) is 5.43. The first-order valence-corrected chi connectivity index (χ1v) is 10.4. The molecule has 2 aromatic carbocycles. The third-order valence-electron chi connectivity index (χ3n) is 3.53. The first-order chi connectivity index (χ1) is 11.9. The van der Waals surface area contributed by atoms with Crippen LogP contribution in [0.4, 0.5) is 0 Å². The summed E-state index contributed by atoms with van der Waals surface area (Å²) < 4.78 is 27.4. The van der Waals surface area contributed by atoms with Gasteiger partial charge in [0, 0.05) is 22.0 Å². The molecular weight excluding hydrogens is 399 g/mol. The maximum Gasteiger partial charge on any atom is 0.242 e. The first kappa shape index (κ1) is 18.4. The largest absolute Gasteiger partial charge is 0.242 e. The molecule has 0 aliphatic carbocycles. The second kappa shape index (κ2) is 7.43. The van der Waals surface area contributed by atoms with E-state index in [1.165, 1.54) is 17.4 Å². The SMILES string of the molecule is Cc1nc(-c2ccc(Cl)cc2)sc1CNS(=O)(=O)c1ccccc1Cl. The summed E-state index contributed by atoms with van der Waals surface area (Å²) in [5.41, 5.74) is 1.73. The van der Waals surface area contributed by atoms with Gasteiger partial charge in [0.05, 0.1) is 10.7 Å². The predicted molar refractivity (Wildman–Crippen MR) is 103 cm³/mol. The van der Waals surface area contributed by atoms with Gasteiger partial charge in [-0.2, -0.15) is 0 Å². The lowest BCUT2D eigenvalue weighted by Gasteiger charge is -2.07. The number of aryl methyl sites for hydroxylation is 1. The highest BCUT2D eigenvalue weighted by Gasteiger charge is 2.18. The Morgan fingerprint density at radius 2 is 1.76 bits per heavy atom. The highest BCUT2D eigenvalue weighted by atomic mass is 35.5. The number of aromatic nitrogens is 1. The van der Waals surface area contributed by atoms with Gasteiger partial charge in [0.25, 0.3) is 0 Å². The topological polar surface area (TPSA) is 59.1 Å². The summed E-state index contributed by atoms with van der Waals surface area (Å²) in [6.45, 7) is 2.01. The number of nitrogens with zero attached hydrogens (tertiary/aromatic N) is 1. The molecule has 0 radical (unpaired) electrons. The van der Waals surface area contributed by atoms with Crippen LogP contribution in [0.2, 0.25) is 10.0 Å². The Balaban J connectivity index is 1.80. The Morgan fingerprint density at radius 1 is 1.08 bits per heavy atom. The Bertz CT molecular complexity index is 1000. The molecule has 3 aromatic rings. The quantitative estimate of drug-likeness (QED) is 0.647. The molecule has 0 unspecified atom stereocenters. The summed E-state index contributed by atoms with van der Waals surface area (Å²) in [6.07, 6.45) is 0. The van der Waals surface area contributed by atoms with Crippen LogP contribution in [0.1, 0.15) is 10.6 Å². The van der Waals surface area contributed by atoms with E-state index in [9.17, 15) is 8.42 Å². The minimum Gasteiger partial charge on any atom is -0.241 e. The van der Waals surface area contributed by atoms with Crippen LogP contribution >= 0.6 is 34.5 Å². The molecule has 3 rings (SSSR count). The molecule has 0 atom stereocenters. The molecule has 1 heterocycles. The van der Waals surface area contributed by atoms with E-state index < -0.39 is 10.0 Å². The van der Waals surface area contributed by atoms with Crippen molar-refractivity contribution in [2.24, 2.45) is 0 Å². The maximum atomic E-state index is 12.4. The van der Waals surface area contributed by atoms with Crippen molar-refractivity contribution in [1.82, 2.24) is 9.71 Å². The molecule has 0 saturated heterocycles. The molecule has 0 fully saturated rings. The van der Waals surface area contributed by atoms with Crippen molar-refractivity contribution in [1.29, 1.82) is 0 Å². The van der Waals surface area contributed by atoms with Crippen molar-refractivity contribution >= 4 is 44.6 Å². The Hall–Kier alpha value is -1.44. The maximum absolute atomic E-state index is 12.4. The minimum absolute atomic E-state index is 0.0664. The van der Waals surface area contributed by atoms with E-state index in [2.05, 4.69) is 9.71 Å². The van der Waals surface area contributed by atoms with Crippen molar-refractivity contribution in [3.8, 4) is 10.6 Å². The van der Waals surface area contributed by atoms with Crippen molar-refractivity contribution < 1.29 is 8.42 Å². The zero-order valence-corrected chi connectivity index (χ0v) is 16.3. The van der Waals surface area contributed by atoms with E-state index in [0.29, 0.717) is 5.02 Å². The molecule has 0 amide bonds. The van der Waals surface area contributed by atoms with Crippen LogP contribution in [0.25, 0.3) is 10.6 Å². The van der Waals surface area contributed by atoms with E-state index >= 15 is 0 Å². The lowest BCUT2D eigenvalue weighted by molar-refractivity contribution is 0.581. The number of hydrogen-bond donors (Lipinski definition) is 1. The van der Waals surface area contributed by atoms with Gasteiger partial charge in [-0.3, -0.25) is 0 Å². The number of halogens is 2. The molecule has 4 nitrogen and oxygen atoms in total. The van der Waals surface area contributed by atoms with E-state index in [1.54, 1.807) is 30.3 Å². The molecule has 8 heteroatoms. The standard InChI is InChI=1S/C17H14Cl2N2O2S2/c1-11-15(24-17(21-11)12-6-8-13(18)9-7-12)10-20-25(22,23)16-5-3-2-4-14(16)19/h2-9,20H,10H2,1H3. The molecule has 0 aliphatic heterocycles. The van der Waals surface area contributed by atoms with Gasteiger partial charge in [0.15, 0.2) is 0 Å². The molecular formula is C17H14Cl2N2O2S2. The van der Waals surface area contributed by atoms with Gasteiger partial charge < -0.3 is 0 Å². The average Bonchev–Trinajstić information content (AvgIpc) is 2.95. The highest BCUT2D eigenvalue weighted by molar-refractivity contribution is 7.89. The van der Waals surface area contributed by atoms with Gasteiger partial charge in [-0.05, 0) is 31.2 Å². The number of thiazole rings is 1. The van der Waals surface area contributed by atoms with E-state index in [4.69, 9.17) is 23.2 Å². The second-order valence-electron chi connectivity index (χ2n) is 5.29. The van der Waals surface area contributed by atoms with Crippen molar-refractivity contribution in [2.45, 2.75) is 18.4 Å². The van der Waals surface area contributed by atoms with E-state index in [-0.39, 0.29) is 16.5 Å². The normalized spacial score (nSPS) is 11.6. The second-order valence-corrected chi connectivity index (χ2v) is 8.95. The van der Waals surface area contributed by atoms with Crippen LogP contribution in [-0.2, 0) is 16.6 Å². The van der Waals surface area contributed by atoms with E-state index in [1.807, 2.05) is 19.1 Å². The van der Waals surface area contributed by atoms with Gasteiger partial charge in [0.1, 0.15) is 9.90 Å². The summed E-state index contributed by atoms with van der Waals surface area (Å²) in [5, 5.41) is 1.67. The van der Waals surface area contributed by atoms with Crippen molar-refractivity contribution in [3.63, 3.8) is 0 Å². The van der Waals surface area contributed by atoms with Crippen LogP contribution < -0.4 is 4.72 Å². The van der Waals surface area contributed by atoms with Crippen LogP contribution in [0, 0.1) is 6.92 Å². The third-order valence-corrected chi connectivity index (χ3v) is 6.89. The Kier molecular flexibility index (Phi) is 5.46. The number of rotatable bonds is 5. The zero-order chi connectivity index (χ0) is 18.0. The monoisotopic (exact) mass is 412 g/mol. The fourth-order valence-corrected chi connectivity index (χ4v) is 4.95. The summed E-state index contributed by atoms with van der Waals surface area (Å²) >= 11 is 13.3. The molecule has 0 bridgehead atoms. The summed E-state index contributed by atoms with van der Waals surface area (Å²) in [7, 11) is -3.69. The van der Waals surface area contributed by atoms with Gasteiger partial charge >= 0.3 is 0 Å². The molecule has 0 spiro atoms. The number of hydrogen-bond acceptors (Lipinski definition) is 4. The molecule has 130 valence electrons. The average molecular weight is 413 g/mol. The lowest BCUT2D eigenvalue weighted by atomic mass is 10.2. The van der Waals surface area contributed by atoms with Crippen LogP contribution in [0.15, 0.2) is 53.4 Å². The third kappa shape index (κ3) is 4.22. The summed E-state index contributed by atoms with van der Waals surface area (Å²) in [6, 6.07) is 13.7. The van der Waals surface area contributed by atoms with Crippen LogP contribution in [-0.4, -0.2) is 13.4 Å². The fourth-order valence-electron chi connectivity index (χ4n) is 2.21. The first-order valence-electron chi connectivity index (χ1n) is 7.33. The number of sulfonamides is 1. The zero-order valence-electron chi connectivity index (χ0n) is 13.2. The molecule has 1 N–H and O–H groups in total. The van der Waals surface area contributed by atoms with E-state index in [0.717, 1.165) is 21.1 Å². The van der Waals surface area contributed by atoms with Crippen molar-refractivity contribution in [3.05, 3.63) is 69.1 Å². The smallest absolute Gasteiger partial charge is 0.241 e. The van der Waals surface area contributed by atoms with Gasteiger partial charge in [0.2, 0.25) is 10.0 Å². The van der Waals surface area contributed by atoms with Crippen LogP contribution in [0.3, 0.4) is 0 Å². The minimum atomic E-state index is -3.69. The van der Waals surface area contributed by atoms with Gasteiger partial charge in [-0.1, -0.05) is 47.5 Å². The molecule has 0 aliphatic rings. The summed E-state index contributed by atoms with van der Waals surface area (Å²) in [5.74, 6) is 0. The Labute approximate surface area is 160 Å². The number of nitrogens with one attached hydrogen (secondary N) is 1. The van der Waals surface area contributed by atoms with Crippen molar-refractivity contribution in [2.75, 3.05) is 0 Å². The molecule has 1 aromatic heterocycles. The fraction of sp³-hybridized carbons (Fsp3) is 0.118. The van der Waals surface area contributed by atoms with Gasteiger partial charge in [-0.15, -0.1) is 11.3 Å². The molecule has 25 heavy (non-hydrogen) atoms. The lowest BCUT2D eigenvalue weighted by Crippen LogP contribution is -2.23. The highest BCUT2D eigenvalue weighted by Crippen LogP contribution is 2.29. The number of benzene rings is 2. The Morgan fingerprint density at radius 3 is 2.44 bits per heavy atom. The van der Waals surface area contributed by atoms with Crippen LogP contribution in [0.5, 0.6) is 0 Å².